The van der Waals surface area contributed by atoms with Crippen molar-refractivity contribution in [2.45, 2.75) is 13.8 Å². The fourth-order valence-electron chi connectivity index (χ4n) is 8.69. The zero-order valence-electron chi connectivity index (χ0n) is 31.7. The summed E-state index contributed by atoms with van der Waals surface area (Å²) in [7, 11) is 0. The average molecular weight is 751 g/mol. The maximum Gasteiger partial charge on any atom is 0.151 e. The molecule has 6 heteroatoms. The lowest BCUT2D eigenvalue weighted by Gasteiger charge is -2.32. The number of fused-ring (bicyclic) bond motifs is 11. The number of hydrogen-bond donors (Lipinski definition) is 1. The summed E-state index contributed by atoms with van der Waals surface area (Å²) in [6, 6.07) is 56.1. The number of para-hydroxylation sites is 7. The number of nitrogens with zero attached hydrogens (tertiary/aromatic N) is 1. The Morgan fingerprint density at radius 1 is 0.500 bits per heavy atom. The first kappa shape index (κ1) is 32.5. The summed E-state index contributed by atoms with van der Waals surface area (Å²) in [5.74, 6) is 3.20. The van der Waals surface area contributed by atoms with E-state index in [1.54, 1.807) is 0 Å². The number of furan rings is 2. The van der Waals surface area contributed by atoms with E-state index < -0.39 is 0 Å². The van der Waals surface area contributed by atoms with Crippen LogP contribution in [0.15, 0.2) is 173 Å². The van der Waals surface area contributed by atoms with Gasteiger partial charge < -0.3 is 28.5 Å². The van der Waals surface area contributed by atoms with Crippen LogP contribution in [0.3, 0.4) is 0 Å². The van der Waals surface area contributed by atoms with E-state index in [1.165, 1.54) is 0 Å². The highest BCUT2D eigenvalue weighted by Crippen LogP contribution is 2.51. The smallest absolute Gasteiger partial charge is 0.151 e. The lowest BCUT2D eigenvalue weighted by Crippen LogP contribution is -2.15. The predicted octanol–water partition coefficient (Wildman–Crippen LogP) is 15.5. The van der Waals surface area contributed by atoms with Gasteiger partial charge in [-0.3, -0.25) is 0 Å². The van der Waals surface area contributed by atoms with Gasteiger partial charge in [-0.1, -0.05) is 66.7 Å². The van der Waals surface area contributed by atoms with Crippen LogP contribution in [0.25, 0.3) is 65.4 Å². The number of aryl methyl sites for hydroxylation is 2. The second kappa shape index (κ2) is 12.4. The molecular formula is C52H34N2O4. The van der Waals surface area contributed by atoms with E-state index in [-0.39, 0.29) is 0 Å². The Bertz CT molecular complexity index is 3430. The van der Waals surface area contributed by atoms with Crippen LogP contribution in [0.1, 0.15) is 11.1 Å². The summed E-state index contributed by atoms with van der Waals surface area (Å²) in [4.78, 5) is 2.27. The second-order valence-electron chi connectivity index (χ2n) is 15.1. The number of ether oxygens (including phenoxy) is 2. The quantitative estimate of drug-likeness (QED) is 0.189. The lowest BCUT2D eigenvalue weighted by atomic mass is 9.97. The Morgan fingerprint density at radius 3 is 1.88 bits per heavy atom. The summed E-state index contributed by atoms with van der Waals surface area (Å²) in [6.07, 6.45) is 0. The van der Waals surface area contributed by atoms with Gasteiger partial charge in [0.15, 0.2) is 17.2 Å². The minimum Gasteiger partial charge on any atom is -0.456 e. The topological polar surface area (TPSA) is 60.0 Å². The largest absolute Gasteiger partial charge is 0.456 e. The Labute approximate surface area is 333 Å². The van der Waals surface area contributed by atoms with Crippen molar-refractivity contribution in [3.63, 3.8) is 0 Å². The number of hydrogen-bond acceptors (Lipinski definition) is 6. The van der Waals surface area contributed by atoms with Crippen LogP contribution in [0, 0.1) is 13.8 Å². The molecule has 0 spiro atoms. The molecule has 0 aliphatic carbocycles. The first-order chi connectivity index (χ1) is 28.5. The summed E-state index contributed by atoms with van der Waals surface area (Å²) < 4.78 is 26.1. The van der Waals surface area contributed by atoms with Gasteiger partial charge in [-0.05, 0) is 144 Å². The maximum atomic E-state index is 6.91. The molecule has 58 heavy (non-hydrogen) atoms. The summed E-state index contributed by atoms with van der Waals surface area (Å²) in [6.45, 7) is 4.33. The van der Waals surface area contributed by atoms with Gasteiger partial charge in [0.2, 0.25) is 0 Å². The molecule has 0 unspecified atom stereocenters. The highest BCUT2D eigenvalue weighted by Gasteiger charge is 2.26. The standard InChI is InChI=1S/C52H34N2O4/c1-30-31(2)51-50(40-27-32-20-22-36(24-34(32)28-48(40)57-51)53-41-14-6-9-17-44(41)55-38-12-4-3-5-13-38)52-49(30)39-26-33-21-23-37(25-35(33)29-47(39)58-52)54-42-15-7-10-18-45(42)56-46-19-11-8-16-43(46)54/h3-29,53H,1-2H3. The monoisotopic (exact) mass is 750 g/mol. The fourth-order valence-corrected chi connectivity index (χ4v) is 8.69. The van der Waals surface area contributed by atoms with Gasteiger partial charge in [-0.25, -0.2) is 0 Å². The molecule has 9 aromatic carbocycles. The maximum absolute atomic E-state index is 6.91. The molecule has 11 aromatic rings. The van der Waals surface area contributed by atoms with Gasteiger partial charge in [0.25, 0.3) is 0 Å². The van der Waals surface area contributed by atoms with E-state index in [9.17, 15) is 0 Å². The second-order valence-corrected chi connectivity index (χ2v) is 15.1. The highest BCUT2D eigenvalue weighted by atomic mass is 16.5. The first-order valence-corrected chi connectivity index (χ1v) is 19.5. The molecule has 0 saturated heterocycles. The lowest BCUT2D eigenvalue weighted by molar-refractivity contribution is 0.477. The summed E-state index contributed by atoms with van der Waals surface area (Å²) in [5.41, 5.74) is 10.6. The van der Waals surface area contributed by atoms with Crippen molar-refractivity contribution in [3.05, 3.63) is 175 Å². The molecule has 2 aromatic heterocycles. The van der Waals surface area contributed by atoms with Crippen LogP contribution >= 0.6 is 0 Å². The van der Waals surface area contributed by atoms with Crippen LogP contribution in [0.5, 0.6) is 23.0 Å². The van der Waals surface area contributed by atoms with Gasteiger partial charge in [-0.15, -0.1) is 0 Å². The zero-order valence-corrected chi connectivity index (χ0v) is 31.7. The van der Waals surface area contributed by atoms with E-state index in [0.29, 0.717) is 0 Å². The highest BCUT2D eigenvalue weighted by molar-refractivity contribution is 6.26. The van der Waals surface area contributed by atoms with Crippen LogP contribution in [0.4, 0.5) is 28.4 Å². The number of benzene rings is 9. The minimum atomic E-state index is 0.754. The molecule has 276 valence electrons. The van der Waals surface area contributed by atoms with Crippen molar-refractivity contribution in [2.24, 2.45) is 0 Å². The number of anilines is 5. The molecule has 1 aliphatic heterocycles. The third kappa shape index (κ3) is 4.98. The van der Waals surface area contributed by atoms with Gasteiger partial charge in [-0.2, -0.15) is 0 Å². The van der Waals surface area contributed by atoms with Gasteiger partial charge in [0.1, 0.15) is 28.1 Å². The van der Waals surface area contributed by atoms with Gasteiger partial charge in [0.05, 0.1) is 22.4 Å². The van der Waals surface area contributed by atoms with Crippen molar-refractivity contribution in [1.82, 2.24) is 0 Å². The molecule has 3 heterocycles. The van der Waals surface area contributed by atoms with Crippen molar-refractivity contribution in [2.75, 3.05) is 10.2 Å². The van der Waals surface area contributed by atoms with Gasteiger partial charge >= 0.3 is 0 Å². The van der Waals surface area contributed by atoms with E-state index in [4.69, 9.17) is 18.3 Å². The van der Waals surface area contributed by atoms with E-state index in [2.05, 4.69) is 96.9 Å². The summed E-state index contributed by atoms with van der Waals surface area (Å²) >= 11 is 0. The molecule has 1 N–H and O–H groups in total. The molecule has 12 rings (SSSR count). The van der Waals surface area contributed by atoms with Crippen molar-refractivity contribution in [3.8, 4) is 23.0 Å². The van der Waals surface area contributed by atoms with Crippen molar-refractivity contribution < 1.29 is 18.3 Å². The Kier molecular flexibility index (Phi) is 6.96. The minimum absolute atomic E-state index is 0.754. The Balaban J connectivity index is 0.968. The third-order valence-corrected chi connectivity index (χ3v) is 11.6. The zero-order chi connectivity index (χ0) is 38.5. The van der Waals surface area contributed by atoms with E-state index in [1.807, 2.05) is 91.0 Å². The molecule has 0 fully saturated rings. The molecule has 1 aliphatic rings. The summed E-state index contributed by atoms with van der Waals surface area (Å²) in [5, 5.41) is 12.3. The van der Waals surface area contributed by atoms with Gasteiger partial charge in [0, 0.05) is 27.5 Å². The molecule has 0 bridgehead atoms. The normalized spacial score (nSPS) is 12.4. The SMILES string of the molecule is Cc1c(C)c2c3cc4ccc(N5c6ccccc6Oc6ccccc65)cc4cc3oc2c2c1oc1cc3cc(Nc4ccccc4Oc4ccccc4)ccc3cc12. The molecule has 0 saturated carbocycles. The Morgan fingerprint density at radius 2 is 1.12 bits per heavy atom. The number of rotatable bonds is 5. The van der Waals surface area contributed by atoms with Crippen LogP contribution in [-0.4, -0.2) is 0 Å². The molecule has 0 amide bonds. The molecule has 0 atom stereocenters. The van der Waals surface area contributed by atoms with E-state index >= 15 is 0 Å². The van der Waals surface area contributed by atoms with Crippen molar-refractivity contribution >= 4 is 93.9 Å². The first-order valence-electron chi connectivity index (χ1n) is 19.5. The van der Waals surface area contributed by atoms with Crippen molar-refractivity contribution in [1.29, 1.82) is 0 Å². The van der Waals surface area contributed by atoms with E-state index in [0.717, 1.165) is 128 Å². The van der Waals surface area contributed by atoms with Crippen LogP contribution in [0.2, 0.25) is 0 Å². The third-order valence-electron chi connectivity index (χ3n) is 11.6. The molecule has 0 radical (unpaired) electrons. The molecular weight excluding hydrogens is 717 g/mol. The van der Waals surface area contributed by atoms with Crippen LogP contribution < -0.4 is 19.7 Å². The van der Waals surface area contributed by atoms with Crippen LogP contribution in [-0.2, 0) is 0 Å². The molecule has 6 nitrogen and oxygen atoms in total. The Hall–Kier alpha value is -7.70. The predicted molar refractivity (Wildman–Crippen MR) is 236 cm³/mol. The number of nitrogens with one attached hydrogen (secondary N) is 1. The fraction of sp³-hybridized carbons (Fsp3) is 0.0385. The average Bonchev–Trinajstić information content (AvgIpc) is 3.82.